The van der Waals surface area contributed by atoms with Gasteiger partial charge in [-0.1, -0.05) is 0 Å². The first-order valence-corrected chi connectivity index (χ1v) is 11.7. The Morgan fingerprint density at radius 3 is 2.66 bits per heavy atom. The predicted molar refractivity (Wildman–Crippen MR) is 124 cm³/mol. The second-order valence-corrected chi connectivity index (χ2v) is 10.2. The average molecular weight is 478 g/mol. The molecule has 3 heterocycles. The highest BCUT2D eigenvalue weighted by Gasteiger charge is 2.73. The van der Waals surface area contributed by atoms with E-state index in [9.17, 15) is 13.6 Å². The van der Waals surface area contributed by atoms with Crippen LogP contribution >= 0.6 is 0 Å². The number of nitrogens with zero attached hydrogens (tertiary/aromatic N) is 5. The Kier molecular flexibility index (Phi) is 4.81. The molecule has 7 rings (SSSR count). The highest BCUT2D eigenvalue weighted by Crippen LogP contribution is 2.74. The van der Waals surface area contributed by atoms with E-state index in [1.807, 2.05) is 30.1 Å². The first kappa shape index (κ1) is 21.9. The second kappa shape index (κ2) is 7.69. The van der Waals surface area contributed by atoms with E-state index >= 15 is 0 Å². The quantitative estimate of drug-likeness (QED) is 0.521. The van der Waals surface area contributed by atoms with Crippen LogP contribution in [0.3, 0.4) is 0 Å². The molecule has 0 spiro atoms. The first-order chi connectivity index (χ1) is 16.8. The third-order valence-electron chi connectivity index (χ3n) is 7.55. The van der Waals surface area contributed by atoms with Gasteiger partial charge in [-0.15, -0.1) is 0 Å². The van der Waals surface area contributed by atoms with E-state index in [2.05, 4.69) is 15.1 Å². The number of benzene rings is 1. The molecular formula is C26H25F2N5O2. The predicted octanol–water partition coefficient (Wildman–Crippen LogP) is 4.58. The summed E-state index contributed by atoms with van der Waals surface area (Å²) in [4.78, 5) is 22.2. The zero-order valence-corrected chi connectivity index (χ0v) is 19.5. The monoisotopic (exact) mass is 477 g/mol. The van der Waals surface area contributed by atoms with Gasteiger partial charge in [-0.25, -0.2) is 23.8 Å². The van der Waals surface area contributed by atoms with Crippen LogP contribution in [0, 0.1) is 29.4 Å². The summed E-state index contributed by atoms with van der Waals surface area (Å²) in [7, 11) is 1.95. The zero-order valence-electron chi connectivity index (χ0n) is 19.5. The standard InChI is InChI=1S/C26H25F2N5O2/c1-16-7-20(28)18(8-19(16)27)22-3-5-31-33(22)24(34)26-12-25(13-26,14-26)15-35-23-10-29-21(9-30-23)17-4-6-32(2)11-17/h4-11,22H,3,12-15H2,1-2H3. The van der Waals surface area contributed by atoms with Gasteiger partial charge in [0.1, 0.15) is 11.6 Å². The van der Waals surface area contributed by atoms with E-state index < -0.39 is 23.1 Å². The third-order valence-corrected chi connectivity index (χ3v) is 7.55. The molecule has 1 aliphatic heterocycles. The number of aromatic nitrogens is 3. The van der Waals surface area contributed by atoms with Crippen molar-refractivity contribution in [3.63, 3.8) is 0 Å². The van der Waals surface area contributed by atoms with Crippen LogP contribution in [0.5, 0.6) is 5.88 Å². The lowest BCUT2D eigenvalue weighted by Crippen LogP contribution is -2.69. The van der Waals surface area contributed by atoms with Crippen LogP contribution in [0.1, 0.15) is 42.9 Å². The molecule has 35 heavy (non-hydrogen) atoms. The maximum atomic E-state index is 14.6. The maximum Gasteiger partial charge on any atom is 0.249 e. The van der Waals surface area contributed by atoms with E-state index in [0.29, 0.717) is 38.2 Å². The summed E-state index contributed by atoms with van der Waals surface area (Å²) in [6.07, 6.45) is 11.3. The normalized spacial score (nSPS) is 26.4. The fourth-order valence-corrected chi connectivity index (χ4v) is 5.83. The molecule has 0 radical (unpaired) electrons. The fourth-order valence-electron chi connectivity index (χ4n) is 5.83. The summed E-state index contributed by atoms with van der Waals surface area (Å²) < 4.78 is 36.5. The summed E-state index contributed by atoms with van der Waals surface area (Å²) in [5, 5.41) is 5.58. The van der Waals surface area contributed by atoms with Crippen molar-refractivity contribution in [2.75, 3.05) is 6.61 Å². The topological polar surface area (TPSA) is 72.6 Å². The molecule has 2 aromatic heterocycles. The van der Waals surface area contributed by atoms with Crippen molar-refractivity contribution in [1.82, 2.24) is 19.5 Å². The minimum absolute atomic E-state index is 0.0599. The summed E-state index contributed by atoms with van der Waals surface area (Å²) in [5.41, 5.74) is 1.62. The molecular weight excluding hydrogens is 452 g/mol. The van der Waals surface area contributed by atoms with Crippen molar-refractivity contribution in [1.29, 1.82) is 0 Å². The summed E-state index contributed by atoms with van der Waals surface area (Å²) in [5.74, 6) is -0.664. The van der Waals surface area contributed by atoms with Crippen molar-refractivity contribution in [2.24, 2.45) is 23.0 Å². The van der Waals surface area contributed by atoms with Gasteiger partial charge in [-0.05, 0) is 49.9 Å². The largest absolute Gasteiger partial charge is 0.476 e. The van der Waals surface area contributed by atoms with Crippen LogP contribution in [0.2, 0.25) is 0 Å². The molecule has 9 heteroatoms. The molecule has 3 saturated carbocycles. The Morgan fingerprint density at radius 2 is 1.97 bits per heavy atom. The lowest BCUT2D eigenvalue weighted by molar-refractivity contribution is -0.227. The maximum absolute atomic E-state index is 14.6. The van der Waals surface area contributed by atoms with Gasteiger partial charge in [0.15, 0.2) is 0 Å². The highest BCUT2D eigenvalue weighted by molar-refractivity contribution is 5.88. The highest BCUT2D eigenvalue weighted by atomic mass is 19.1. The van der Waals surface area contributed by atoms with E-state index in [-0.39, 0.29) is 22.4 Å². The summed E-state index contributed by atoms with van der Waals surface area (Å²) in [6.45, 7) is 1.98. The van der Waals surface area contributed by atoms with Crippen molar-refractivity contribution in [2.45, 2.75) is 38.6 Å². The van der Waals surface area contributed by atoms with E-state index in [1.54, 1.807) is 18.6 Å². The molecule has 3 aromatic rings. The van der Waals surface area contributed by atoms with Gasteiger partial charge < -0.3 is 9.30 Å². The van der Waals surface area contributed by atoms with Crippen molar-refractivity contribution < 1.29 is 18.3 Å². The van der Waals surface area contributed by atoms with Crippen LogP contribution < -0.4 is 4.74 Å². The molecule has 4 aliphatic rings. The molecule has 3 fully saturated rings. The summed E-state index contributed by atoms with van der Waals surface area (Å²) >= 11 is 0. The minimum Gasteiger partial charge on any atom is -0.476 e. The Morgan fingerprint density at radius 1 is 1.17 bits per heavy atom. The van der Waals surface area contributed by atoms with Gasteiger partial charge in [-0.3, -0.25) is 4.79 Å². The minimum atomic E-state index is -0.614. The molecule has 2 bridgehead atoms. The van der Waals surface area contributed by atoms with Crippen LogP contribution in [-0.2, 0) is 11.8 Å². The van der Waals surface area contributed by atoms with E-state index in [1.165, 1.54) is 24.1 Å². The fraction of sp³-hybridized carbons (Fsp3) is 0.385. The second-order valence-electron chi connectivity index (χ2n) is 10.2. The smallest absolute Gasteiger partial charge is 0.249 e. The number of amides is 1. The van der Waals surface area contributed by atoms with Crippen LogP contribution in [0.4, 0.5) is 8.78 Å². The molecule has 7 nitrogen and oxygen atoms in total. The van der Waals surface area contributed by atoms with Gasteiger partial charge in [0.05, 0.1) is 36.2 Å². The van der Waals surface area contributed by atoms with E-state index in [0.717, 1.165) is 11.3 Å². The summed E-state index contributed by atoms with van der Waals surface area (Å²) in [6, 6.07) is 3.72. The number of halogens is 2. The number of hydrogen-bond acceptors (Lipinski definition) is 5. The number of carbonyl (C=O) groups is 1. The molecule has 1 atom stereocenters. The van der Waals surface area contributed by atoms with E-state index in [4.69, 9.17) is 4.74 Å². The first-order valence-electron chi connectivity index (χ1n) is 11.7. The molecule has 180 valence electrons. The van der Waals surface area contributed by atoms with Crippen molar-refractivity contribution in [3.05, 3.63) is 65.7 Å². The van der Waals surface area contributed by atoms with Gasteiger partial charge in [0.25, 0.3) is 0 Å². The lowest BCUT2D eigenvalue weighted by Gasteiger charge is -2.69. The number of hydrogen-bond donors (Lipinski definition) is 0. The Labute approximate surface area is 201 Å². The molecule has 0 saturated heterocycles. The lowest BCUT2D eigenvalue weighted by atomic mass is 9.35. The average Bonchev–Trinajstić information content (AvgIpc) is 3.44. The number of rotatable bonds is 6. The number of ether oxygens (including phenoxy) is 1. The molecule has 1 amide bonds. The van der Waals surface area contributed by atoms with Crippen LogP contribution in [0.25, 0.3) is 11.3 Å². The number of aryl methyl sites for hydroxylation is 2. The SMILES string of the molecule is Cc1cc(F)c(C2CC=NN2C(=O)C23CC(COc4cnc(-c5ccn(C)c5)cn4)(C2)C3)cc1F. The molecule has 3 aliphatic carbocycles. The van der Waals surface area contributed by atoms with Crippen molar-refractivity contribution >= 4 is 12.1 Å². The van der Waals surface area contributed by atoms with Crippen LogP contribution in [0.15, 0.2) is 48.1 Å². The Hall–Kier alpha value is -3.62. The Bertz CT molecular complexity index is 1330. The third kappa shape index (κ3) is 3.52. The molecule has 1 unspecified atom stereocenters. The number of carbonyl (C=O) groups excluding carboxylic acids is 1. The van der Waals surface area contributed by atoms with Gasteiger partial charge in [0, 0.05) is 48.6 Å². The van der Waals surface area contributed by atoms with Gasteiger partial charge >= 0.3 is 0 Å². The van der Waals surface area contributed by atoms with Crippen molar-refractivity contribution in [3.8, 4) is 17.1 Å². The van der Waals surface area contributed by atoms with Gasteiger partial charge in [0.2, 0.25) is 11.8 Å². The Balaban J connectivity index is 1.07. The molecule has 0 N–H and O–H groups in total. The van der Waals surface area contributed by atoms with Crippen LogP contribution in [-0.4, -0.2) is 38.3 Å². The molecule has 1 aromatic carbocycles. The number of hydrazone groups is 1. The van der Waals surface area contributed by atoms with Gasteiger partial charge in [-0.2, -0.15) is 5.10 Å². The zero-order chi connectivity index (χ0) is 24.4.